The van der Waals surface area contributed by atoms with Crippen LogP contribution in [-0.4, -0.2) is 11.2 Å². The second-order valence-electron chi connectivity index (χ2n) is 3.83. The lowest BCUT2D eigenvalue weighted by Crippen LogP contribution is -2.13. The summed E-state index contributed by atoms with van der Waals surface area (Å²) in [7, 11) is 0. The van der Waals surface area contributed by atoms with Crippen LogP contribution in [0.4, 0.5) is 0 Å². The summed E-state index contributed by atoms with van der Waals surface area (Å²) in [5.74, 6) is 0.218. The normalized spacial score (nSPS) is 16.4. The number of benzene rings is 1. The SMILES string of the molecule is C/C(=C\c1ccccc1)[C@H](C)[C@@H](C)O. The van der Waals surface area contributed by atoms with Crippen molar-refractivity contribution in [1.29, 1.82) is 0 Å². The smallest absolute Gasteiger partial charge is 0.0574 e. The van der Waals surface area contributed by atoms with Crippen molar-refractivity contribution in [3.05, 3.63) is 41.5 Å². The third kappa shape index (κ3) is 3.00. The van der Waals surface area contributed by atoms with Crippen molar-refractivity contribution in [3.8, 4) is 0 Å². The predicted molar refractivity (Wildman–Crippen MR) is 60.9 cm³/mol. The van der Waals surface area contributed by atoms with Crippen LogP contribution in [0, 0.1) is 5.92 Å². The molecule has 0 amide bonds. The van der Waals surface area contributed by atoms with E-state index in [1.807, 2.05) is 32.0 Å². The maximum absolute atomic E-state index is 9.43. The first-order valence-corrected chi connectivity index (χ1v) is 5.02. The van der Waals surface area contributed by atoms with Crippen LogP contribution in [-0.2, 0) is 0 Å². The van der Waals surface area contributed by atoms with Gasteiger partial charge in [0.05, 0.1) is 6.10 Å². The van der Waals surface area contributed by atoms with E-state index in [2.05, 4.69) is 25.1 Å². The summed E-state index contributed by atoms with van der Waals surface area (Å²) in [4.78, 5) is 0. The highest BCUT2D eigenvalue weighted by atomic mass is 16.3. The third-order valence-electron chi connectivity index (χ3n) is 2.64. The summed E-state index contributed by atoms with van der Waals surface area (Å²) >= 11 is 0. The van der Waals surface area contributed by atoms with E-state index in [1.54, 1.807) is 0 Å². The summed E-state index contributed by atoms with van der Waals surface area (Å²) in [6.45, 7) is 5.93. The van der Waals surface area contributed by atoms with Gasteiger partial charge in [-0.3, -0.25) is 0 Å². The third-order valence-corrected chi connectivity index (χ3v) is 2.64. The van der Waals surface area contributed by atoms with E-state index >= 15 is 0 Å². The largest absolute Gasteiger partial charge is 0.393 e. The molecule has 1 N–H and O–H groups in total. The first kappa shape index (κ1) is 11.0. The molecule has 14 heavy (non-hydrogen) atoms. The highest BCUT2D eigenvalue weighted by molar-refractivity contribution is 5.52. The quantitative estimate of drug-likeness (QED) is 0.776. The van der Waals surface area contributed by atoms with Gasteiger partial charge in [-0.1, -0.05) is 48.9 Å². The molecule has 1 aromatic rings. The molecule has 0 bridgehead atoms. The Morgan fingerprint density at radius 2 is 1.79 bits per heavy atom. The molecule has 0 radical (unpaired) electrons. The fraction of sp³-hybridized carbons (Fsp3) is 0.385. The van der Waals surface area contributed by atoms with Crippen molar-refractivity contribution < 1.29 is 5.11 Å². The average Bonchev–Trinajstić information content (AvgIpc) is 2.18. The summed E-state index contributed by atoms with van der Waals surface area (Å²) < 4.78 is 0. The van der Waals surface area contributed by atoms with Crippen LogP contribution in [0.15, 0.2) is 35.9 Å². The second-order valence-corrected chi connectivity index (χ2v) is 3.83. The predicted octanol–water partition coefficient (Wildman–Crippen LogP) is 3.11. The molecule has 1 rings (SSSR count). The van der Waals surface area contributed by atoms with Crippen molar-refractivity contribution >= 4 is 6.08 Å². The molecule has 0 spiro atoms. The van der Waals surface area contributed by atoms with Gasteiger partial charge in [0.1, 0.15) is 0 Å². The lowest BCUT2D eigenvalue weighted by Gasteiger charge is -2.15. The zero-order chi connectivity index (χ0) is 10.6. The van der Waals surface area contributed by atoms with Gasteiger partial charge in [-0.25, -0.2) is 0 Å². The Morgan fingerprint density at radius 1 is 1.21 bits per heavy atom. The number of hydrogen-bond acceptors (Lipinski definition) is 1. The van der Waals surface area contributed by atoms with Gasteiger partial charge in [0.2, 0.25) is 0 Å². The summed E-state index contributed by atoms with van der Waals surface area (Å²) in [6.07, 6.45) is 1.84. The zero-order valence-corrected chi connectivity index (χ0v) is 9.07. The summed E-state index contributed by atoms with van der Waals surface area (Å²) in [5, 5.41) is 9.43. The topological polar surface area (TPSA) is 20.2 Å². The molecule has 0 aromatic heterocycles. The molecular weight excluding hydrogens is 172 g/mol. The molecule has 1 aromatic carbocycles. The Bertz CT molecular complexity index is 298. The maximum Gasteiger partial charge on any atom is 0.0574 e. The Kier molecular flexibility index (Phi) is 3.90. The number of aliphatic hydroxyl groups excluding tert-OH is 1. The molecule has 0 aliphatic heterocycles. The molecule has 0 unspecified atom stereocenters. The Morgan fingerprint density at radius 3 is 2.29 bits per heavy atom. The molecule has 76 valence electrons. The van der Waals surface area contributed by atoms with Gasteiger partial charge in [-0.05, 0) is 19.4 Å². The molecule has 0 saturated carbocycles. The molecular formula is C13H18O. The lowest BCUT2D eigenvalue weighted by atomic mass is 9.96. The standard InChI is InChI=1S/C13H18O/c1-10(11(2)12(3)14)9-13-7-5-4-6-8-13/h4-9,11-12,14H,1-3H3/b10-9+/t11-,12+/m0/s1. The maximum atomic E-state index is 9.43. The van der Waals surface area contributed by atoms with E-state index in [-0.39, 0.29) is 12.0 Å². The molecule has 1 heteroatoms. The van der Waals surface area contributed by atoms with E-state index < -0.39 is 0 Å². The van der Waals surface area contributed by atoms with Crippen molar-refractivity contribution in [2.45, 2.75) is 26.9 Å². The first-order valence-electron chi connectivity index (χ1n) is 5.02. The molecule has 2 atom stereocenters. The minimum Gasteiger partial charge on any atom is -0.393 e. The Hall–Kier alpha value is -1.08. The number of hydrogen-bond donors (Lipinski definition) is 1. The van der Waals surface area contributed by atoms with Crippen molar-refractivity contribution in [3.63, 3.8) is 0 Å². The van der Waals surface area contributed by atoms with Crippen LogP contribution in [0.5, 0.6) is 0 Å². The van der Waals surface area contributed by atoms with Crippen LogP contribution >= 0.6 is 0 Å². The first-order chi connectivity index (χ1) is 6.61. The lowest BCUT2D eigenvalue weighted by molar-refractivity contribution is 0.152. The van der Waals surface area contributed by atoms with Gasteiger partial charge in [0, 0.05) is 5.92 Å². The van der Waals surface area contributed by atoms with Crippen molar-refractivity contribution in [1.82, 2.24) is 0 Å². The fourth-order valence-corrected chi connectivity index (χ4v) is 1.32. The Labute approximate surface area is 86.1 Å². The van der Waals surface area contributed by atoms with Gasteiger partial charge in [-0.15, -0.1) is 0 Å². The minimum absolute atomic E-state index is 0.218. The van der Waals surface area contributed by atoms with Crippen LogP contribution in [0.1, 0.15) is 26.3 Å². The highest BCUT2D eigenvalue weighted by Gasteiger charge is 2.09. The molecule has 1 nitrogen and oxygen atoms in total. The van der Waals surface area contributed by atoms with E-state index in [9.17, 15) is 5.11 Å². The molecule has 0 fully saturated rings. The van der Waals surface area contributed by atoms with E-state index in [0.717, 1.165) is 0 Å². The molecule has 0 aliphatic carbocycles. The van der Waals surface area contributed by atoms with E-state index in [4.69, 9.17) is 0 Å². The average molecular weight is 190 g/mol. The van der Waals surface area contributed by atoms with Crippen LogP contribution in [0.25, 0.3) is 6.08 Å². The van der Waals surface area contributed by atoms with Gasteiger partial charge < -0.3 is 5.11 Å². The van der Waals surface area contributed by atoms with Gasteiger partial charge in [0.25, 0.3) is 0 Å². The minimum atomic E-state index is -0.282. The number of rotatable bonds is 3. The van der Waals surface area contributed by atoms with Crippen LogP contribution < -0.4 is 0 Å². The van der Waals surface area contributed by atoms with Crippen molar-refractivity contribution in [2.24, 2.45) is 5.92 Å². The summed E-state index contributed by atoms with van der Waals surface area (Å²) in [6, 6.07) is 10.2. The van der Waals surface area contributed by atoms with E-state index in [1.165, 1.54) is 11.1 Å². The number of aliphatic hydroxyl groups is 1. The molecule has 0 aliphatic rings. The zero-order valence-electron chi connectivity index (χ0n) is 9.07. The highest BCUT2D eigenvalue weighted by Crippen LogP contribution is 2.17. The fourth-order valence-electron chi connectivity index (χ4n) is 1.32. The summed E-state index contributed by atoms with van der Waals surface area (Å²) in [5.41, 5.74) is 2.41. The van der Waals surface area contributed by atoms with Gasteiger partial charge in [-0.2, -0.15) is 0 Å². The van der Waals surface area contributed by atoms with Crippen LogP contribution in [0.2, 0.25) is 0 Å². The van der Waals surface area contributed by atoms with Gasteiger partial charge >= 0.3 is 0 Å². The van der Waals surface area contributed by atoms with Gasteiger partial charge in [0.15, 0.2) is 0 Å². The monoisotopic (exact) mass is 190 g/mol. The second kappa shape index (κ2) is 4.97. The molecule has 0 saturated heterocycles. The van der Waals surface area contributed by atoms with Crippen LogP contribution in [0.3, 0.4) is 0 Å². The van der Waals surface area contributed by atoms with E-state index in [0.29, 0.717) is 0 Å². The van der Waals surface area contributed by atoms with Crippen molar-refractivity contribution in [2.75, 3.05) is 0 Å². The molecule has 0 heterocycles. The Balaban J connectivity index is 2.79.